The minimum absolute atomic E-state index is 0.145. The van der Waals surface area contributed by atoms with Crippen molar-refractivity contribution < 1.29 is 58.6 Å². The zero-order chi connectivity index (χ0) is 30.5. The van der Waals surface area contributed by atoms with Crippen LogP contribution in [-0.4, -0.2) is 79.3 Å². The van der Waals surface area contributed by atoms with Crippen molar-refractivity contribution in [3.05, 3.63) is 29.3 Å². The van der Waals surface area contributed by atoms with Crippen LogP contribution in [0.3, 0.4) is 0 Å². The SMILES string of the molecule is CN(Cc1ccc(C(F)(F)F)cc1N1CCCC1)C1(C)CCN(C(=O)OC(C(F)(F)F)C(F)(F)F)CC1.O=C=O. The van der Waals surface area contributed by atoms with Gasteiger partial charge in [0.1, 0.15) is 0 Å². The maximum absolute atomic E-state index is 13.3. The Morgan fingerprint density at radius 2 is 1.48 bits per heavy atom. The highest BCUT2D eigenvalue weighted by molar-refractivity contribution is 5.68. The number of nitrogens with zero attached hydrogens (tertiary/aromatic N) is 3. The molecule has 0 aliphatic carbocycles. The van der Waals surface area contributed by atoms with Crippen molar-refractivity contribution in [1.29, 1.82) is 0 Å². The molecular weight excluding hydrogens is 565 g/mol. The molecule has 226 valence electrons. The number of rotatable bonds is 5. The molecule has 7 nitrogen and oxygen atoms in total. The average molecular weight is 593 g/mol. The van der Waals surface area contributed by atoms with Crippen LogP contribution in [0.2, 0.25) is 0 Å². The van der Waals surface area contributed by atoms with E-state index in [1.165, 1.54) is 6.07 Å². The van der Waals surface area contributed by atoms with E-state index in [-0.39, 0.29) is 38.6 Å². The first-order valence-corrected chi connectivity index (χ1v) is 12.1. The number of ether oxygens (including phenoxy) is 1. The summed E-state index contributed by atoms with van der Waals surface area (Å²) in [5, 5.41) is 0. The Hall–Kier alpha value is -3.00. The molecule has 0 bridgehead atoms. The lowest BCUT2D eigenvalue weighted by atomic mass is 9.87. The van der Waals surface area contributed by atoms with Gasteiger partial charge in [-0.3, -0.25) is 4.90 Å². The second-order valence-corrected chi connectivity index (χ2v) is 9.81. The van der Waals surface area contributed by atoms with E-state index in [1.54, 1.807) is 7.05 Å². The Balaban J connectivity index is 0.00000178. The van der Waals surface area contributed by atoms with Gasteiger partial charge in [-0.15, -0.1) is 0 Å². The van der Waals surface area contributed by atoms with Gasteiger partial charge in [-0.25, -0.2) is 4.79 Å². The number of piperidine rings is 1. The van der Waals surface area contributed by atoms with E-state index in [0.29, 0.717) is 24.3 Å². The maximum Gasteiger partial charge on any atom is 0.434 e. The minimum Gasteiger partial charge on any atom is -0.426 e. The van der Waals surface area contributed by atoms with Crippen LogP contribution < -0.4 is 4.90 Å². The number of hydrogen-bond donors (Lipinski definition) is 0. The van der Waals surface area contributed by atoms with Crippen molar-refractivity contribution in [1.82, 2.24) is 9.80 Å². The topological polar surface area (TPSA) is 70.2 Å². The predicted octanol–water partition coefficient (Wildman–Crippen LogP) is 5.64. The Labute approximate surface area is 223 Å². The van der Waals surface area contributed by atoms with Crippen molar-refractivity contribution in [3.8, 4) is 0 Å². The van der Waals surface area contributed by atoms with Crippen LogP contribution in [0.25, 0.3) is 0 Å². The molecule has 0 atom stereocenters. The number of anilines is 1. The normalized spacial score (nSPS) is 17.9. The van der Waals surface area contributed by atoms with E-state index in [1.807, 2.05) is 16.7 Å². The first-order chi connectivity index (χ1) is 18.3. The predicted molar refractivity (Wildman–Crippen MR) is 121 cm³/mol. The zero-order valence-electron chi connectivity index (χ0n) is 21.5. The van der Waals surface area contributed by atoms with E-state index in [9.17, 15) is 44.3 Å². The van der Waals surface area contributed by atoms with E-state index < -0.39 is 41.8 Å². The van der Waals surface area contributed by atoms with E-state index in [4.69, 9.17) is 9.59 Å². The molecule has 2 fully saturated rings. The van der Waals surface area contributed by atoms with Gasteiger partial charge < -0.3 is 14.5 Å². The summed E-state index contributed by atoms with van der Waals surface area (Å²) in [6.07, 6.45) is -19.6. The first-order valence-electron chi connectivity index (χ1n) is 12.1. The number of hydrogen-bond acceptors (Lipinski definition) is 6. The van der Waals surface area contributed by atoms with Crippen LogP contribution in [0.5, 0.6) is 0 Å². The summed E-state index contributed by atoms with van der Waals surface area (Å²) in [6.45, 7) is 3.05. The Morgan fingerprint density at radius 1 is 0.975 bits per heavy atom. The summed E-state index contributed by atoms with van der Waals surface area (Å²) < 4.78 is 120. The number of likely N-dealkylation sites (tertiary alicyclic amines) is 1. The largest absolute Gasteiger partial charge is 0.434 e. The third-order valence-corrected chi connectivity index (χ3v) is 7.10. The molecule has 2 heterocycles. The minimum atomic E-state index is -5.80. The van der Waals surface area contributed by atoms with E-state index in [0.717, 1.165) is 29.9 Å². The highest BCUT2D eigenvalue weighted by atomic mass is 19.4. The van der Waals surface area contributed by atoms with Gasteiger partial charge in [0.2, 0.25) is 0 Å². The van der Waals surface area contributed by atoms with Crippen LogP contribution in [0, 0.1) is 0 Å². The summed E-state index contributed by atoms with van der Waals surface area (Å²) in [5.41, 5.74) is -0.225. The molecule has 0 spiro atoms. The van der Waals surface area contributed by atoms with Crippen molar-refractivity contribution in [2.24, 2.45) is 0 Å². The number of alkyl halides is 9. The fraction of sp³-hybridized carbons (Fsp3) is 0.667. The van der Waals surface area contributed by atoms with Crippen LogP contribution in [0.4, 0.5) is 50.0 Å². The molecule has 0 aromatic heterocycles. The molecule has 0 N–H and O–H groups in total. The summed E-state index contributed by atoms with van der Waals surface area (Å²) >= 11 is 0. The highest BCUT2D eigenvalue weighted by Gasteiger charge is 2.60. The molecule has 2 aliphatic heterocycles. The summed E-state index contributed by atoms with van der Waals surface area (Å²) in [7, 11) is 1.74. The van der Waals surface area contributed by atoms with Gasteiger partial charge in [0.15, 0.2) is 0 Å². The number of carbonyl (C=O) groups excluding carboxylic acids is 3. The smallest absolute Gasteiger partial charge is 0.426 e. The lowest BCUT2D eigenvalue weighted by Gasteiger charge is -2.45. The third kappa shape index (κ3) is 8.50. The van der Waals surface area contributed by atoms with Crippen LogP contribution in [0.1, 0.15) is 43.7 Å². The molecule has 1 amide bonds. The molecule has 3 rings (SSSR count). The second kappa shape index (κ2) is 12.7. The number of carbonyl (C=O) groups is 1. The van der Waals surface area contributed by atoms with Gasteiger partial charge in [0.25, 0.3) is 6.10 Å². The van der Waals surface area contributed by atoms with Crippen molar-refractivity contribution in [3.63, 3.8) is 0 Å². The highest BCUT2D eigenvalue weighted by Crippen LogP contribution is 2.38. The number of benzene rings is 1. The average Bonchev–Trinajstić information content (AvgIpc) is 3.36. The number of amides is 1. The second-order valence-electron chi connectivity index (χ2n) is 9.81. The van der Waals surface area contributed by atoms with Gasteiger partial charge >= 0.3 is 30.8 Å². The Morgan fingerprint density at radius 3 is 1.93 bits per heavy atom. The summed E-state index contributed by atoms with van der Waals surface area (Å²) in [5.74, 6) is 0. The molecule has 40 heavy (non-hydrogen) atoms. The van der Waals surface area contributed by atoms with Crippen LogP contribution >= 0.6 is 0 Å². The Bertz CT molecular complexity index is 1030. The van der Waals surface area contributed by atoms with E-state index in [2.05, 4.69) is 4.74 Å². The standard InChI is InChI=1S/C23H28F9N3O2.CO2/c1-20(7-11-35(12-8-20)19(36)37-18(22(27,28)29)23(30,31)32)33(2)14-15-5-6-16(21(24,25)26)13-17(15)34-9-3-4-10-34;2-1-3/h5-6,13,18H,3-4,7-12,14H2,1-2H3;. The molecule has 0 saturated carbocycles. The molecule has 16 heteroatoms. The molecule has 0 unspecified atom stereocenters. The third-order valence-electron chi connectivity index (χ3n) is 7.10. The zero-order valence-corrected chi connectivity index (χ0v) is 21.5. The van der Waals surface area contributed by atoms with Crippen LogP contribution in [-0.2, 0) is 27.0 Å². The molecular formula is C24H28F9N3O4. The van der Waals surface area contributed by atoms with Crippen LogP contribution in [0.15, 0.2) is 18.2 Å². The fourth-order valence-electron chi connectivity index (χ4n) is 4.62. The van der Waals surface area contributed by atoms with Gasteiger partial charge in [-0.1, -0.05) is 6.07 Å². The monoisotopic (exact) mass is 593 g/mol. The van der Waals surface area contributed by atoms with Crippen molar-refractivity contribution in [2.75, 3.05) is 38.1 Å². The Kier molecular flexibility index (Phi) is 10.5. The molecule has 0 radical (unpaired) electrons. The maximum atomic E-state index is 13.3. The van der Waals surface area contributed by atoms with Gasteiger partial charge in [-0.2, -0.15) is 49.1 Å². The first kappa shape index (κ1) is 33.2. The van der Waals surface area contributed by atoms with Gasteiger partial charge in [-0.05, 0) is 57.4 Å². The van der Waals surface area contributed by atoms with Crippen molar-refractivity contribution >= 4 is 17.9 Å². The van der Waals surface area contributed by atoms with Gasteiger partial charge in [0.05, 0.1) is 5.56 Å². The van der Waals surface area contributed by atoms with E-state index >= 15 is 0 Å². The fourth-order valence-corrected chi connectivity index (χ4v) is 4.62. The number of halogens is 9. The molecule has 2 saturated heterocycles. The lowest BCUT2D eigenvalue weighted by Crippen LogP contribution is -2.54. The quantitative estimate of drug-likeness (QED) is 0.412. The lowest BCUT2D eigenvalue weighted by molar-refractivity contribution is -0.308. The van der Waals surface area contributed by atoms with Gasteiger partial charge in [0, 0.05) is 44.0 Å². The molecule has 1 aromatic rings. The summed E-state index contributed by atoms with van der Waals surface area (Å²) in [4.78, 5) is 32.9. The molecule has 2 aliphatic rings. The van der Waals surface area contributed by atoms with Crippen molar-refractivity contribution in [2.45, 2.75) is 69.3 Å². The molecule has 1 aromatic carbocycles. The summed E-state index contributed by atoms with van der Waals surface area (Å²) in [6, 6.07) is 3.58.